The van der Waals surface area contributed by atoms with E-state index in [1.165, 1.54) is 6.07 Å². The second kappa shape index (κ2) is 9.51. The van der Waals surface area contributed by atoms with Crippen LogP contribution in [-0.4, -0.2) is 62.8 Å². The quantitative estimate of drug-likeness (QED) is 0.230. The zero-order valence-corrected chi connectivity index (χ0v) is 20.7. The van der Waals surface area contributed by atoms with Crippen LogP contribution < -0.4 is 11.1 Å². The van der Waals surface area contributed by atoms with Crippen molar-refractivity contribution in [3.63, 3.8) is 0 Å². The van der Waals surface area contributed by atoms with Gasteiger partial charge < -0.3 is 36.2 Å². The summed E-state index contributed by atoms with van der Waals surface area (Å²) < 4.78 is 5.48. The van der Waals surface area contributed by atoms with Crippen LogP contribution in [0.5, 0.6) is 5.75 Å². The molecule has 1 aromatic carbocycles. The van der Waals surface area contributed by atoms with Crippen LogP contribution in [0.2, 0.25) is 5.02 Å². The number of phenols is 1. The molecule has 11 heteroatoms. The topological polar surface area (TPSA) is 179 Å². The number of nitrogens with one attached hydrogen (secondary N) is 1. The summed E-state index contributed by atoms with van der Waals surface area (Å²) in [5.41, 5.74) is 2.47. The van der Waals surface area contributed by atoms with Gasteiger partial charge in [0.2, 0.25) is 5.78 Å². The van der Waals surface area contributed by atoms with Crippen molar-refractivity contribution in [3.05, 3.63) is 50.4 Å². The van der Waals surface area contributed by atoms with E-state index >= 15 is 0 Å². The molecule has 1 unspecified atom stereocenters. The third-order valence-electron chi connectivity index (χ3n) is 7.12. The lowest BCUT2D eigenvalue weighted by Gasteiger charge is -2.45. The Morgan fingerprint density at radius 2 is 1.97 bits per heavy atom. The number of halogens is 1. The van der Waals surface area contributed by atoms with Gasteiger partial charge in [-0.25, -0.2) is 0 Å². The number of allylic oxidation sites excluding steroid dienone is 2. The van der Waals surface area contributed by atoms with Crippen molar-refractivity contribution in [2.24, 2.45) is 17.6 Å². The average molecular weight is 521 g/mol. The van der Waals surface area contributed by atoms with Crippen LogP contribution in [0, 0.1) is 11.8 Å². The van der Waals surface area contributed by atoms with E-state index < -0.39 is 52.0 Å². The molecule has 0 aliphatic heterocycles. The summed E-state index contributed by atoms with van der Waals surface area (Å²) in [7, 11) is 0. The molecule has 0 bridgehead atoms. The summed E-state index contributed by atoms with van der Waals surface area (Å²) in [6, 6.07) is 1.37. The minimum atomic E-state index is -2.59. The fourth-order valence-corrected chi connectivity index (χ4v) is 5.73. The van der Waals surface area contributed by atoms with Gasteiger partial charge in [0.15, 0.2) is 11.4 Å². The van der Waals surface area contributed by atoms with Gasteiger partial charge in [0.25, 0.3) is 5.91 Å². The molecule has 10 nitrogen and oxygen atoms in total. The molecule has 3 aliphatic rings. The summed E-state index contributed by atoms with van der Waals surface area (Å²) in [5, 5.41) is 46.7. The number of fused-ring (bicyclic) bond motifs is 3. The monoisotopic (exact) mass is 520 g/mol. The standard InChI is InChI=1S/C25H29ClN2O8/c1-10(2)36-4-3-28-9-12-7-15(29)18-14(20(12)26)6-11-5-13-8-16(30)19(24(27)34)23(33)25(13,35)22(32)17(11)21(18)31/h7,10-11,13,28-30,32,35H,3-6,8-9H2,1-2H3,(H2,27,34)/t11?,13-,25-/m0/s1. The number of hydrogen-bond acceptors (Lipinski definition) is 9. The van der Waals surface area contributed by atoms with Gasteiger partial charge in [-0.05, 0) is 49.8 Å². The second-order valence-corrected chi connectivity index (χ2v) is 10.1. The first-order valence-electron chi connectivity index (χ1n) is 11.7. The normalized spacial score (nSPS) is 25.7. The Labute approximate surface area is 212 Å². The predicted octanol–water partition coefficient (Wildman–Crippen LogP) is 1.75. The summed E-state index contributed by atoms with van der Waals surface area (Å²) in [6.45, 7) is 5.22. The van der Waals surface area contributed by atoms with Crippen LogP contribution in [0.25, 0.3) is 0 Å². The maximum atomic E-state index is 13.5. The minimum Gasteiger partial charge on any atom is -0.511 e. The van der Waals surface area contributed by atoms with Crippen LogP contribution >= 0.6 is 11.6 Å². The molecular weight excluding hydrogens is 492 g/mol. The Morgan fingerprint density at radius 3 is 2.61 bits per heavy atom. The number of amides is 1. The number of primary amides is 1. The molecule has 0 spiro atoms. The van der Waals surface area contributed by atoms with E-state index in [1.54, 1.807) is 0 Å². The minimum absolute atomic E-state index is 0.0506. The van der Waals surface area contributed by atoms with Gasteiger partial charge >= 0.3 is 0 Å². The summed E-state index contributed by atoms with van der Waals surface area (Å²) in [5.74, 6) is -6.68. The molecule has 1 amide bonds. The van der Waals surface area contributed by atoms with Crippen molar-refractivity contribution in [2.75, 3.05) is 13.2 Å². The first-order valence-corrected chi connectivity index (χ1v) is 12.1. The van der Waals surface area contributed by atoms with Crippen LogP contribution in [0.3, 0.4) is 0 Å². The fraction of sp³-hybridized carbons (Fsp3) is 0.480. The van der Waals surface area contributed by atoms with Crippen LogP contribution in [0.15, 0.2) is 28.7 Å². The van der Waals surface area contributed by atoms with Gasteiger partial charge in [-0.15, -0.1) is 0 Å². The molecule has 194 valence electrons. The molecule has 0 fully saturated rings. The number of phenolic OH excluding ortho intramolecular Hbond substituents is 1. The zero-order valence-electron chi connectivity index (χ0n) is 19.9. The number of aliphatic hydroxyl groups is 3. The number of aromatic hydroxyl groups is 1. The number of nitrogens with two attached hydrogens (primary N) is 1. The van der Waals surface area contributed by atoms with E-state index in [1.807, 2.05) is 13.8 Å². The van der Waals surface area contributed by atoms with Crippen LogP contribution in [-0.2, 0) is 27.3 Å². The number of rotatable bonds is 7. The molecule has 0 heterocycles. The highest BCUT2D eigenvalue weighted by Crippen LogP contribution is 2.52. The van der Waals surface area contributed by atoms with Crippen molar-refractivity contribution in [1.82, 2.24) is 5.32 Å². The molecule has 0 radical (unpaired) electrons. The van der Waals surface area contributed by atoms with E-state index in [2.05, 4.69) is 5.32 Å². The second-order valence-electron chi connectivity index (χ2n) is 9.73. The Bertz CT molecular complexity index is 1220. The average Bonchev–Trinajstić information content (AvgIpc) is 2.78. The van der Waals surface area contributed by atoms with E-state index in [-0.39, 0.29) is 42.3 Å². The molecule has 3 aliphatic carbocycles. The number of hydrogen-bond donors (Lipinski definition) is 6. The molecule has 0 saturated carbocycles. The molecule has 7 N–H and O–H groups in total. The highest BCUT2D eigenvalue weighted by molar-refractivity contribution is 6.33. The highest BCUT2D eigenvalue weighted by Gasteiger charge is 2.59. The lowest BCUT2D eigenvalue weighted by Crippen LogP contribution is -2.57. The van der Waals surface area contributed by atoms with Gasteiger partial charge in [-0.1, -0.05) is 11.6 Å². The smallest absolute Gasteiger partial charge is 0.255 e. The highest BCUT2D eigenvalue weighted by atomic mass is 35.5. The number of carbonyl (C=O) groups excluding carboxylic acids is 3. The van der Waals surface area contributed by atoms with Crippen LogP contribution in [0.1, 0.15) is 48.2 Å². The number of carbonyl (C=O) groups is 3. The first-order chi connectivity index (χ1) is 16.9. The Balaban J connectivity index is 1.69. The SMILES string of the molecule is CC(C)OCCNCc1cc(O)c2c(c1Cl)CC1C[C@H]3CC(O)=C(C(N)=O)C(=O)[C@@]3(O)C(O)=C1C2=O. The van der Waals surface area contributed by atoms with Crippen LogP contribution in [0.4, 0.5) is 0 Å². The number of ether oxygens (including phenoxy) is 1. The Morgan fingerprint density at radius 1 is 1.28 bits per heavy atom. The first kappa shape index (κ1) is 26.2. The Kier molecular flexibility index (Phi) is 6.91. The van der Waals surface area contributed by atoms with Crippen molar-refractivity contribution in [1.29, 1.82) is 0 Å². The molecular formula is C25H29ClN2O8. The maximum absolute atomic E-state index is 13.5. The summed E-state index contributed by atoms with van der Waals surface area (Å²) in [6.07, 6.45) is 0.0249. The van der Waals surface area contributed by atoms with Crippen molar-refractivity contribution >= 4 is 29.1 Å². The van der Waals surface area contributed by atoms with E-state index in [0.717, 1.165) is 0 Å². The van der Waals surface area contributed by atoms with E-state index in [9.17, 15) is 34.8 Å². The van der Waals surface area contributed by atoms with Gasteiger partial charge in [0.05, 0.1) is 18.3 Å². The predicted molar refractivity (Wildman–Crippen MR) is 129 cm³/mol. The number of Topliss-reactive ketones (excluding diaryl/α,β-unsaturated/α-hetero) is 2. The fourth-order valence-electron chi connectivity index (χ4n) is 5.44. The zero-order chi connectivity index (χ0) is 26.5. The third-order valence-corrected chi connectivity index (χ3v) is 7.59. The maximum Gasteiger partial charge on any atom is 0.255 e. The van der Waals surface area contributed by atoms with Gasteiger partial charge in [0.1, 0.15) is 22.8 Å². The molecule has 0 aromatic heterocycles. The van der Waals surface area contributed by atoms with Crippen molar-refractivity contribution in [3.8, 4) is 5.75 Å². The molecule has 36 heavy (non-hydrogen) atoms. The van der Waals surface area contributed by atoms with Gasteiger partial charge in [-0.3, -0.25) is 14.4 Å². The lowest BCUT2D eigenvalue weighted by molar-refractivity contribution is -0.144. The van der Waals surface area contributed by atoms with E-state index in [4.69, 9.17) is 22.1 Å². The lowest BCUT2D eigenvalue weighted by atomic mass is 9.60. The third kappa shape index (κ3) is 4.07. The molecule has 4 rings (SSSR count). The summed E-state index contributed by atoms with van der Waals surface area (Å²) in [4.78, 5) is 38.1. The number of benzene rings is 1. The van der Waals surface area contributed by atoms with Crippen molar-refractivity contribution < 1.29 is 39.5 Å². The number of aliphatic hydroxyl groups excluding tert-OH is 2. The van der Waals surface area contributed by atoms with Crippen molar-refractivity contribution in [2.45, 2.75) is 51.4 Å². The molecule has 0 saturated heterocycles. The van der Waals surface area contributed by atoms with Gasteiger partial charge in [0, 0.05) is 36.0 Å². The van der Waals surface area contributed by atoms with Gasteiger partial charge in [-0.2, -0.15) is 0 Å². The van der Waals surface area contributed by atoms with E-state index in [0.29, 0.717) is 35.8 Å². The Hall–Kier alpha value is -2.92. The number of ketones is 2. The largest absolute Gasteiger partial charge is 0.511 e. The molecule has 3 atom stereocenters. The summed E-state index contributed by atoms with van der Waals surface area (Å²) >= 11 is 6.64. The molecule has 1 aromatic rings.